The van der Waals surface area contributed by atoms with Gasteiger partial charge in [-0.25, -0.2) is 8.78 Å². The topological polar surface area (TPSA) is 29.1 Å². The Balaban J connectivity index is 2.33. The fourth-order valence-corrected chi connectivity index (χ4v) is 3.14. The number of thioether (sulfide) groups is 1. The van der Waals surface area contributed by atoms with Crippen molar-refractivity contribution in [2.45, 2.75) is 63.7 Å². The summed E-state index contributed by atoms with van der Waals surface area (Å²) in [5.41, 5.74) is -0.368. The lowest BCUT2D eigenvalue weighted by molar-refractivity contribution is -0.114. The maximum Gasteiger partial charge on any atom is 0.221 e. The maximum atomic E-state index is 13.8. The first-order valence-corrected chi connectivity index (χ1v) is 8.92. The highest BCUT2D eigenvalue weighted by Crippen LogP contribution is 2.27. The van der Waals surface area contributed by atoms with Gasteiger partial charge >= 0.3 is 0 Å². The summed E-state index contributed by atoms with van der Waals surface area (Å²) < 4.78 is 27.5. The second-order valence-corrected chi connectivity index (χ2v) is 6.58. The molecule has 1 aromatic rings. The van der Waals surface area contributed by atoms with Crippen molar-refractivity contribution in [1.29, 1.82) is 0 Å². The van der Waals surface area contributed by atoms with Crippen molar-refractivity contribution in [3.63, 3.8) is 0 Å². The Hall–Kier alpha value is -1.10. The number of amides is 1. The van der Waals surface area contributed by atoms with Crippen LogP contribution in [0.25, 0.3) is 0 Å². The van der Waals surface area contributed by atoms with E-state index in [0.29, 0.717) is 4.90 Å². The molecule has 22 heavy (non-hydrogen) atoms. The molecule has 0 fully saturated rings. The van der Waals surface area contributed by atoms with Gasteiger partial charge in [0.2, 0.25) is 5.91 Å². The maximum absolute atomic E-state index is 13.8. The van der Waals surface area contributed by atoms with E-state index in [-0.39, 0.29) is 5.69 Å². The standard InChI is InChI=1S/C17H25F2NOS/c1-3-4-5-6-7-8-9-10-22-14-11-15(18)17(16(19)12-14)20-13(2)21/h11-12H,3-10H2,1-2H3,(H,20,21). The van der Waals surface area contributed by atoms with E-state index in [4.69, 9.17) is 0 Å². The van der Waals surface area contributed by atoms with Gasteiger partial charge < -0.3 is 5.32 Å². The van der Waals surface area contributed by atoms with E-state index in [1.165, 1.54) is 62.9 Å². The number of rotatable bonds is 10. The van der Waals surface area contributed by atoms with Crippen molar-refractivity contribution in [2.24, 2.45) is 0 Å². The number of unbranched alkanes of at least 4 members (excludes halogenated alkanes) is 6. The molecule has 0 radical (unpaired) electrons. The van der Waals surface area contributed by atoms with Gasteiger partial charge in [0.1, 0.15) is 5.69 Å². The third-order valence-electron chi connectivity index (χ3n) is 3.33. The van der Waals surface area contributed by atoms with Crippen molar-refractivity contribution in [2.75, 3.05) is 11.1 Å². The minimum Gasteiger partial charge on any atom is -0.321 e. The van der Waals surface area contributed by atoms with Crippen molar-refractivity contribution in [3.8, 4) is 0 Å². The van der Waals surface area contributed by atoms with E-state index < -0.39 is 17.5 Å². The lowest BCUT2D eigenvalue weighted by Gasteiger charge is -2.08. The van der Waals surface area contributed by atoms with Crippen LogP contribution in [0.4, 0.5) is 14.5 Å². The molecule has 5 heteroatoms. The molecular weight excluding hydrogens is 304 g/mol. The van der Waals surface area contributed by atoms with Crippen molar-refractivity contribution in [1.82, 2.24) is 0 Å². The normalized spacial score (nSPS) is 10.7. The second kappa shape index (κ2) is 10.6. The van der Waals surface area contributed by atoms with Gasteiger partial charge in [0.15, 0.2) is 11.6 Å². The number of hydrogen-bond donors (Lipinski definition) is 1. The van der Waals surface area contributed by atoms with Gasteiger partial charge in [-0.3, -0.25) is 4.79 Å². The molecule has 1 rings (SSSR count). The molecule has 0 saturated carbocycles. The molecule has 0 aliphatic heterocycles. The Morgan fingerprint density at radius 3 is 2.14 bits per heavy atom. The number of halogens is 2. The smallest absolute Gasteiger partial charge is 0.221 e. The monoisotopic (exact) mass is 329 g/mol. The summed E-state index contributed by atoms with van der Waals surface area (Å²) in [5, 5.41) is 2.17. The molecule has 0 heterocycles. The summed E-state index contributed by atoms with van der Waals surface area (Å²) >= 11 is 1.45. The Bertz CT molecular complexity index is 457. The van der Waals surface area contributed by atoms with Crippen LogP contribution in [0.2, 0.25) is 0 Å². The summed E-state index contributed by atoms with van der Waals surface area (Å²) in [5.74, 6) is -1.08. The highest BCUT2D eigenvalue weighted by Gasteiger charge is 2.12. The lowest BCUT2D eigenvalue weighted by Crippen LogP contribution is -2.09. The van der Waals surface area contributed by atoms with E-state index in [9.17, 15) is 13.6 Å². The molecule has 0 aliphatic rings. The predicted octanol–water partition coefficient (Wildman–Crippen LogP) is 5.77. The number of carbonyl (C=O) groups is 1. The van der Waals surface area contributed by atoms with Crippen LogP contribution in [-0.4, -0.2) is 11.7 Å². The average Bonchev–Trinajstić information content (AvgIpc) is 2.45. The van der Waals surface area contributed by atoms with Crippen molar-refractivity contribution >= 4 is 23.4 Å². The molecule has 124 valence electrons. The molecule has 0 bridgehead atoms. The molecule has 0 unspecified atom stereocenters. The Morgan fingerprint density at radius 1 is 1.05 bits per heavy atom. The minimum atomic E-state index is -0.725. The molecule has 1 N–H and O–H groups in total. The van der Waals surface area contributed by atoms with Gasteiger partial charge in [-0.2, -0.15) is 0 Å². The average molecular weight is 329 g/mol. The number of nitrogens with one attached hydrogen (secondary N) is 1. The van der Waals surface area contributed by atoms with Crippen molar-refractivity contribution in [3.05, 3.63) is 23.8 Å². The zero-order valence-electron chi connectivity index (χ0n) is 13.4. The lowest BCUT2D eigenvalue weighted by atomic mass is 10.1. The van der Waals surface area contributed by atoms with Crippen LogP contribution in [0.15, 0.2) is 17.0 Å². The summed E-state index contributed by atoms with van der Waals surface area (Å²) in [7, 11) is 0. The SMILES string of the molecule is CCCCCCCCCSc1cc(F)c(NC(C)=O)c(F)c1. The molecule has 0 saturated heterocycles. The van der Waals surface area contributed by atoms with E-state index in [2.05, 4.69) is 12.2 Å². The minimum absolute atomic E-state index is 0.368. The van der Waals surface area contributed by atoms with Crippen LogP contribution in [0.5, 0.6) is 0 Å². The first-order valence-electron chi connectivity index (χ1n) is 7.94. The van der Waals surface area contributed by atoms with Gasteiger partial charge in [0.25, 0.3) is 0 Å². The van der Waals surface area contributed by atoms with Crippen LogP contribution >= 0.6 is 11.8 Å². The van der Waals surface area contributed by atoms with Crippen LogP contribution in [0.1, 0.15) is 58.8 Å². The molecular formula is C17H25F2NOS. The fourth-order valence-electron chi connectivity index (χ4n) is 2.18. The van der Waals surface area contributed by atoms with Gasteiger partial charge in [-0.15, -0.1) is 11.8 Å². The Morgan fingerprint density at radius 2 is 1.59 bits per heavy atom. The highest BCUT2D eigenvalue weighted by atomic mass is 32.2. The predicted molar refractivity (Wildman–Crippen MR) is 89.4 cm³/mol. The van der Waals surface area contributed by atoms with Gasteiger partial charge in [-0.1, -0.05) is 45.4 Å². The zero-order valence-corrected chi connectivity index (χ0v) is 14.2. The third-order valence-corrected chi connectivity index (χ3v) is 4.40. The number of hydrogen-bond acceptors (Lipinski definition) is 2. The fraction of sp³-hybridized carbons (Fsp3) is 0.588. The number of carbonyl (C=O) groups excluding carboxylic acids is 1. The van der Waals surface area contributed by atoms with E-state index in [1.807, 2.05) is 0 Å². The Labute approximate surface area is 136 Å². The third kappa shape index (κ3) is 7.25. The summed E-state index contributed by atoms with van der Waals surface area (Å²) in [6, 6.07) is 2.56. The molecule has 0 spiro atoms. The molecule has 2 nitrogen and oxygen atoms in total. The second-order valence-electron chi connectivity index (χ2n) is 5.41. The van der Waals surface area contributed by atoms with E-state index >= 15 is 0 Å². The molecule has 0 aromatic heterocycles. The molecule has 1 aromatic carbocycles. The number of benzene rings is 1. The van der Waals surface area contributed by atoms with E-state index in [0.717, 1.165) is 18.6 Å². The van der Waals surface area contributed by atoms with Gasteiger partial charge in [-0.05, 0) is 24.3 Å². The number of anilines is 1. The van der Waals surface area contributed by atoms with Crippen LogP contribution < -0.4 is 5.32 Å². The largest absolute Gasteiger partial charge is 0.321 e. The summed E-state index contributed by atoms with van der Waals surface area (Å²) in [4.78, 5) is 11.5. The quantitative estimate of drug-likeness (QED) is 0.436. The van der Waals surface area contributed by atoms with Gasteiger partial charge in [0, 0.05) is 11.8 Å². The van der Waals surface area contributed by atoms with Crippen LogP contribution in [-0.2, 0) is 4.79 Å². The molecule has 0 atom stereocenters. The first kappa shape index (κ1) is 18.9. The first-order chi connectivity index (χ1) is 10.5. The highest BCUT2D eigenvalue weighted by molar-refractivity contribution is 7.99. The summed E-state index contributed by atoms with van der Waals surface area (Å²) in [6.07, 6.45) is 8.55. The molecule has 0 aliphatic carbocycles. The van der Waals surface area contributed by atoms with Crippen LogP contribution in [0, 0.1) is 11.6 Å². The Kier molecular flexibility index (Phi) is 9.13. The zero-order chi connectivity index (χ0) is 16.4. The van der Waals surface area contributed by atoms with Gasteiger partial charge in [0.05, 0.1) is 0 Å². The summed E-state index contributed by atoms with van der Waals surface area (Å²) in [6.45, 7) is 3.42. The van der Waals surface area contributed by atoms with Crippen LogP contribution in [0.3, 0.4) is 0 Å². The molecule has 1 amide bonds. The van der Waals surface area contributed by atoms with E-state index in [1.54, 1.807) is 0 Å². The van der Waals surface area contributed by atoms with Crippen molar-refractivity contribution < 1.29 is 13.6 Å².